The van der Waals surface area contributed by atoms with Crippen molar-refractivity contribution >= 4 is 27.5 Å². The molecule has 0 aliphatic rings. The predicted molar refractivity (Wildman–Crippen MR) is 76.4 cm³/mol. The topological polar surface area (TPSA) is 18.5 Å². The molecule has 0 unspecified atom stereocenters. The quantitative estimate of drug-likeness (QED) is 0.790. The molecule has 0 amide bonds. The maximum atomic E-state index is 13.3. The van der Waals surface area contributed by atoms with Crippen molar-refractivity contribution < 1.29 is 13.9 Å². The van der Waals surface area contributed by atoms with Crippen LogP contribution in [0.2, 0.25) is 5.02 Å². The molecule has 0 atom stereocenters. The first-order valence-corrected chi connectivity index (χ1v) is 6.67. The van der Waals surface area contributed by atoms with E-state index in [0.717, 1.165) is 15.8 Å². The van der Waals surface area contributed by atoms with Gasteiger partial charge in [-0.3, -0.25) is 0 Å². The summed E-state index contributed by atoms with van der Waals surface area (Å²) in [6, 6.07) is 9.93. The minimum Gasteiger partial charge on any atom is -0.497 e. The smallest absolute Gasteiger partial charge is 0.145 e. The average molecular weight is 346 g/mol. The summed E-state index contributed by atoms with van der Waals surface area (Å²) in [5, 5.41) is 0.0786. The highest BCUT2D eigenvalue weighted by Gasteiger charge is 2.05. The first-order valence-electron chi connectivity index (χ1n) is 5.50. The molecule has 2 aromatic carbocycles. The van der Waals surface area contributed by atoms with Gasteiger partial charge in [-0.15, -0.1) is 0 Å². The number of hydrogen-bond acceptors (Lipinski definition) is 2. The Morgan fingerprint density at radius 3 is 2.58 bits per heavy atom. The Labute approximate surface area is 124 Å². The van der Waals surface area contributed by atoms with Crippen LogP contribution in [0.25, 0.3) is 0 Å². The molecule has 0 spiro atoms. The fraction of sp³-hybridized carbons (Fsp3) is 0.143. The highest BCUT2D eigenvalue weighted by molar-refractivity contribution is 9.10. The van der Waals surface area contributed by atoms with Gasteiger partial charge in [0.1, 0.15) is 23.9 Å². The number of hydrogen-bond donors (Lipinski definition) is 0. The third-order valence-corrected chi connectivity index (χ3v) is 3.62. The maximum absolute atomic E-state index is 13.3. The van der Waals surface area contributed by atoms with E-state index < -0.39 is 5.82 Å². The second kappa shape index (κ2) is 6.26. The predicted octanol–water partition coefficient (Wildman–Crippen LogP) is 4.83. The van der Waals surface area contributed by atoms with Gasteiger partial charge in [0, 0.05) is 16.1 Å². The van der Waals surface area contributed by atoms with Gasteiger partial charge in [0.2, 0.25) is 0 Å². The van der Waals surface area contributed by atoms with Crippen LogP contribution in [-0.2, 0) is 6.61 Å². The van der Waals surface area contributed by atoms with Crippen LogP contribution in [0, 0.1) is 5.82 Å². The third-order valence-electron chi connectivity index (χ3n) is 2.54. The molecule has 0 aliphatic carbocycles. The lowest BCUT2D eigenvalue weighted by Crippen LogP contribution is -1.97. The number of methoxy groups -OCH3 is 1. The Bertz CT molecular complexity index is 590. The van der Waals surface area contributed by atoms with Crippen molar-refractivity contribution in [3.05, 3.63) is 57.3 Å². The molecule has 0 bridgehead atoms. The zero-order valence-corrected chi connectivity index (χ0v) is 12.5. The highest BCUT2D eigenvalue weighted by atomic mass is 79.9. The molecular weight excluding hydrogens is 335 g/mol. The van der Waals surface area contributed by atoms with Gasteiger partial charge in [0.25, 0.3) is 0 Å². The van der Waals surface area contributed by atoms with Crippen LogP contribution in [0.4, 0.5) is 4.39 Å². The zero-order chi connectivity index (χ0) is 13.8. The SMILES string of the molecule is COc1ccc(Br)c(COc2ccc(Cl)c(F)c2)c1. The van der Waals surface area contributed by atoms with Gasteiger partial charge in [-0.1, -0.05) is 27.5 Å². The van der Waals surface area contributed by atoms with Gasteiger partial charge < -0.3 is 9.47 Å². The second-order valence-electron chi connectivity index (χ2n) is 3.82. The second-order valence-corrected chi connectivity index (χ2v) is 5.08. The Kier molecular flexibility index (Phi) is 4.66. The Balaban J connectivity index is 2.11. The van der Waals surface area contributed by atoms with Gasteiger partial charge in [-0.05, 0) is 30.3 Å². The first-order chi connectivity index (χ1) is 9.10. The normalized spacial score (nSPS) is 10.3. The van der Waals surface area contributed by atoms with E-state index in [0.29, 0.717) is 12.4 Å². The van der Waals surface area contributed by atoms with Gasteiger partial charge in [0.05, 0.1) is 12.1 Å². The van der Waals surface area contributed by atoms with Crippen LogP contribution in [0.5, 0.6) is 11.5 Å². The number of halogens is 3. The van der Waals surface area contributed by atoms with E-state index in [2.05, 4.69) is 15.9 Å². The Hall–Kier alpha value is -1.26. The maximum Gasteiger partial charge on any atom is 0.145 e. The summed E-state index contributed by atoms with van der Waals surface area (Å²) in [6.45, 7) is 0.304. The molecule has 0 aromatic heterocycles. The van der Waals surface area contributed by atoms with Crippen molar-refractivity contribution in [1.29, 1.82) is 0 Å². The molecule has 0 aliphatic heterocycles. The van der Waals surface area contributed by atoms with Crippen LogP contribution in [-0.4, -0.2) is 7.11 Å². The summed E-state index contributed by atoms with van der Waals surface area (Å²) in [5.74, 6) is 0.671. The molecule has 5 heteroatoms. The lowest BCUT2D eigenvalue weighted by molar-refractivity contribution is 0.303. The summed E-state index contributed by atoms with van der Waals surface area (Å²) >= 11 is 9.04. The molecule has 2 aromatic rings. The van der Waals surface area contributed by atoms with Crippen molar-refractivity contribution in [2.24, 2.45) is 0 Å². The van der Waals surface area contributed by atoms with E-state index in [-0.39, 0.29) is 5.02 Å². The Morgan fingerprint density at radius 2 is 1.89 bits per heavy atom. The molecule has 0 saturated carbocycles. The standard InChI is InChI=1S/C14H11BrClFO2/c1-18-10-2-4-12(15)9(6-10)8-19-11-3-5-13(16)14(17)7-11/h2-7H,8H2,1H3. The highest BCUT2D eigenvalue weighted by Crippen LogP contribution is 2.25. The molecule has 2 nitrogen and oxygen atoms in total. The molecule has 0 heterocycles. The molecule has 2 rings (SSSR count). The van der Waals surface area contributed by atoms with Crippen LogP contribution in [0.15, 0.2) is 40.9 Å². The lowest BCUT2D eigenvalue weighted by atomic mass is 10.2. The lowest BCUT2D eigenvalue weighted by Gasteiger charge is -2.10. The molecular formula is C14H11BrClFO2. The number of ether oxygens (including phenoxy) is 2. The van der Waals surface area contributed by atoms with E-state index in [4.69, 9.17) is 21.1 Å². The third kappa shape index (κ3) is 3.61. The van der Waals surface area contributed by atoms with Crippen molar-refractivity contribution in [3.63, 3.8) is 0 Å². The number of rotatable bonds is 4. The Morgan fingerprint density at radius 1 is 1.16 bits per heavy atom. The van der Waals surface area contributed by atoms with E-state index in [1.54, 1.807) is 13.2 Å². The van der Waals surface area contributed by atoms with E-state index >= 15 is 0 Å². The molecule has 0 fully saturated rings. The van der Waals surface area contributed by atoms with E-state index in [9.17, 15) is 4.39 Å². The van der Waals surface area contributed by atoms with E-state index in [1.165, 1.54) is 12.1 Å². The van der Waals surface area contributed by atoms with Crippen LogP contribution < -0.4 is 9.47 Å². The summed E-state index contributed by atoms with van der Waals surface area (Å²) in [6.07, 6.45) is 0. The zero-order valence-electron chi connectivity index (χ0n) is 10.1. The molecule has 0 radical (unpaired) electrons. The van der Waals surface area contributed by atoms with Gasteiger partial charge in [-0.2, -0.15) is 0 Å². The summed E-state index contributed by atoms with van der Waals surface area (Å²) < 4.78 is 24.8. The molecule has 0 N–H and O–H groups in total. The van der Waals surface area contributed by atoms with Crippen molar-refractivity contribution in [3.8, 4) is 11.5 Å². The minimum atomic E-state index is -0.496. The van der Waals surface area contributed by atoms with Crippen LogP contribution >= 0.6 is 27.5 Å². The summed E-state index contributed by atoms with van der Waals surface area (Å²) in [7, 11) is 1.60. The average Bonchev–Trinajstić information content (AvgIpc) is 2.41. The van der Waals surface area contributed by atoms with Crippen molar-refractivity contribution in [2.45, 2.75) is 6.61 Å². The van der Waals surface area contributed by atoms with Crippen molar-refractivity contribution in [1.82, 2.24) is 0 Å². The molecule has 19 heavy (non-hydrogen) atoms. The van der Waals surface area contributed by atoms with Gasteiger partial charge >= 0.3 is 0 Å². The van der Waals surface area contributed by atoms with Gasteiger partial charge in [-0.25, -0.2) is 4.39 Å². The van der Waals surface area contributed by atoms with Crippen molar-refractivity contribution in [2.75, 3.05) is 7.11 Å². The first kappa shape index (κ1) is 14.2. The molecule has 0 saturated heterocycles. The largest absolute Gasteiger partial charge is 0.497 e. The summed E-state index contributed by atoms with van der Waals surface area (Å²) in [4.78, 5) is 0. The monoisotopic (exact) mass is 344 g/mol. The fourth-order valence-corrected chi connectivity index (χ4v) is 2.00. The van der Waals surface area contributed by atoms with Crippen LogP contribution in [0.1, 0.15) is 5.56 Å². The minimum absolute atomic E-state index is 0.0786. The van der Waals surface area contributed by atoms with Crippen LogP contribution in [0.3, 0.4) is 0 Å². The van der Waals surface area contributed by atoms with E-state index in [1.807, 2.05) is 18.2 Å². The van der Waals surface area contributed by atoms with Gasteiger partial charge in [0.15, 0.2) is 0 Å². The fourth-order valence-electron chi connectivity index (χ4n) is 1.52. The number of benzene rings is 2. The molecule has 100 valence electrons. The summed E-state index contributed by atoms with van der Waals surface area (Å²) in [5.41, 5.74) is 0.912.